The fourth-order valence-electron chi connectivity index (χ4n) is 2.57. The van der Waals surface area contributed by atoms with Crippen LogP contribution in [-0.2, 0) is 14.3 Å². The molecule has 0 aliphatic rings. The Labute approximate surface area is 137 Å². The van der Waals surface area contributed by atoms with Crippen molar-refractivity contribution in [2.45, 2.75) is 52.1 Å². The van der Waals surface area contributed by atoms with Gasteiger partial charge in [0.25, 0.3) is 0 Å². The monoisotopic (exact) mass is 322 g/mol. The molecule has 0 aliphatic carbocycles. The molecule has 0 saturated carbocycles. The third-order valence-electron chi connectivity index (χ3n) is 3.59. The van der Waals surface area contributed by atoms with Crippen molar-refractivity contribution in [3.63, 3.8) is 0 Å². The molecule has 0 saturated heterocycles. The highest BCUT2D eigenvalue weighted by atomic mass is 16.6. The van der Waals surface area contributed by atoms with Crippen LogP contribution >= 0.6 is 0 Å². The maximum absolute atomic E-state index is 12.0. The van der Waals surface area contributed by atoms with Crippen LogP contribution in [-0.4, -0.2) is 29.8 Å². The molecule has 0 aliphatic heterocycles. The molecule has 1 aromatic rings. The number of carbonyl (C=O) groups excluding carboxylic acids is 1. The molecule has 0 heterocycles. The van der Waals surface area contributed by atoms with Crippen LogP contribution in [0.3, 0.4) is 0 Å². The summed E-state index contributed by atoms with van der Waals surface area (Å²) < 4.78 is 10.4. The van der Waals surface area contributed by atoms with E-state index in [0.29, 0.717) is 12.2 Å². The van der Waals surface area contributed by atoms with E-state index in [4.69, 9.17) is 9.47 Å². The predicted molar refractivity (Wildman–Crippen MR) is 87.6 cm³/mol. The lowest BCUT2D eigenvalue weighted by Gasteiger charge is -2.25. The number of hydrogen-bond donors (Lipinski definition) is 1. The van der Waals surface area contributed by atoms with Gasteiger partial charge in [0.05, 0.1) is 19.4 Å². The van der Waals surface area contributed by atoms with Gasteiger partial charge in [-0.25, -0.2) is 0 Å². The van der Waals surface area contributed by atoms with Crippen LogP contribution in [0, 0.1) is 5.92 Å². The lowest BCUT2D eigenvalue weighted by atomic mass is 9.82. The lowest BCUT2D eigenvalue weighted by Crippen LogP contribution is -2.30. The van der Waals surface area contributed by atoms with Crippen LogP contribution in [0.5, 0.6) is 5.75 Å². The molecule has 5 nitrogen and oxygen atoms in total. The van der Waals surface area contributed by atoms with Crippen LogP contribution in [0.25, 0.3) is 0 Å². The number of carbonyl (C=O) groups is 2. The number of ether oxygens (including phenoxy) is 2. The Morgan fingerprint density at radius 1 is 1.17 bits per heavy atom. The molecular weight excluding hydrogens is 296 g/mol. The van der Waals surface area contributed by atoms with Crippen molar-refractivity contribution in [3.8, 4) is 5.75 Å². The van der Waals surface area contributed by atoms with E-state index in [1.54, 1.807) is 40.0 Å². The molecule has 2 unspecified atom stereocenters. The van der Waals surface area contributed by atoms with Crippen LogP contribution in [0.15, 0.2) is 24.3 Å². The zero-order valence-electron chi connectivity index (χ0n) is 14.5. The van der Waals surface area contributed by atoms with Crippen LogP contribution < -0.4 is 4.74 Å². The Kier molecular flexibility index (Phi) is 6.61. The molecule has 0 radical (unpaired) electrons. The smallest absolute Gasteiger partial charge is 0.307 e. The van der Waals surface area contributed by atoms with Gasteiger partial charge in [-0.2, -0.15) is 0 Å². The van der Waals surface area contributed by atoms with E-state index in [9.17, 15) is 14.7 Å². The summed E-state index contributed by atoms with van der Waals surface area (Å²) in [5.74, 6) is -1.84. The van der Waals surface area contributed by atoms with Gasteiger partial charge < -0.3 is 14.6 Å². The van der Waals surface area contributed by atoms with Gasteiger partial charge in [-0.15, -0.1) is 0 Å². The van der Waals surface area contributed by atoms with Crippen molar-refractivity contribution in [2.75, 3.05) is 7.11 Å². The first-order chi connectivity index (χ1) is 10.7. The van der Waals surface area contributed by atoms with Gasteiger partial charge in [0.1, 0.15) is 11.4 Å². The molecule has 1 rings (SSSR count). The van der Waals surface area contributed by atoms with Crippen molar-refractivity contribution < 1.29 is 24.2 Å². The molecule has 23 heavy (non-hydrogen) atoms. The first kappa shape index (κ1) is 19.0. The number of aliphatic carboxylic acids is 1. The van der Waals surface area contributed by atoms with Crippen LogP contribution in [0.1, 0.15) is 52.0 Å². The zero-order chi connectivity index (χ0) is 17.6. The number of carboxylic acid groups (broad SMARTS) is 1. The SMILES string of the molecule is CCC(c1ccc(OC)cc1)C(CC(=O)OC(C)(C)C)C(=O)O. The van der Waals surface area contributed by atoms with Crippen molar-refractivity contribution in [3.05, 3.63) is 29.8 Å². The minimum absolute atomic E-state index is 0.142. The van der Waals surface area contributed by atoms with E-state index in [0.717, 1.165) is 5.56 Å². The summed E-state index contributed by atoms with van der Waals surface area (Å²) in [5.41, 5.74) is 0.256. The second kappa shape index (κ2) is 7.99. The van der Waals surface area contributed by atoms with E-state index in [1.165, 1.54) is 0 Å². The summed E-state index contributed by atoms with van der Waals surface area (Å²) in [7, 11) is 1.58. The normalized spacial score (nSPS) is 14.0. The van der Waals surface area contributed by atoms with Crippen molar-refractivity contribution >= 4 is 11.9 Å². The first-order valence-corrected chi connectivity index (χ1v) is 7.76. The minimum Gasteiger partial charge on any atom is -0.497 e. The Hall–Kier alpha value is -2.04. The molecule has 5 heteroatoms. The highest BCUT2D eigenvalue weighted by Crippen LogP contribution is 2.32. The van der Waals surface area contributed by atoms with E-state index in [2.05, 4.69) is 0 Å². The molecule has 0 spiro atoms. The van der Waals surface area contributed by atoms with Crippen molar-refractivity contribution in [2.24, 2.45) is 5.92 Å². The molecule has 0 fully saturated rings. The predicted octanol–water partition coefficient (Wildman–Crippen LogP) is 3.62. The summed E-state index contributed by atoms with van der Waals surface area (Å²) in [4.78, 5) is 23.7. The zero-order valence-corrected chi connectivity index (χ0v) is 14.5. The van der Waals surface area contributed by atoms with Crippen LogP contribution in [0.4, 0.5) is 0 Å². The molecule has 0 amide bonds. The standard InChI is InChI=1S/C18H26O5/c1-6-14(12-7-9-13(22-5)10-8-12)15(17(20)21)11-16(19)23-18(2,3)4/h7-10,14-15H,6,11H2,1-5H3,(H,20,21). The van der Waals surface area contributed by atoms with Gasteiger partial charge in [-0.05, 0) is 50.8 Å². The fourth-order valence-corrected chi connectivity index (χ4v) is 2.57. The fraction of sp³-hybridized carbons (Fsp3) is 0.556. The number of benzene rings is 1. The molecule has 2 atom stereocenters. The number of esters is 1. The highest BCUT2D eigenvalue weighted by molar-refractivity contribution is 5.80. The summed E-state index contributed by atoms with van der Waals surface area (Å²) in [5, 5.41) is 9.55. The highest BCUT2D eigenvalue weighted by Gasteiger charge is 2.32. The van der Waals surface area contributed by atoms with Gasteiger partial charge in [0.2, 0.25) is 0 Å². The average molecular weight is 322 g/mol. The molecule has 1 N–H and O–H groups in total. The van der Waals surface area contributed by atoms with Gasteiger partial charge >= 0.3 is 11.9 Å². The molecular formula is C18H26O5. The van der Waals surface area contributed by atoms with E-state index in [-0.39, 0.29) is 12.3 Å². The number of methoxy groups -OCH3 is 1. The summed E-state index contributed by atoms with van der Waals surface area (Å²) in [6, 6.07) is 7.28. The summed E-state index contributed by atoms with van der Waals surface area (Å²) in [6.07, 6.45) is 0.475. The minimum atomic E-state index is -0.987. The second-order valence-corrected chi connectivity index (χ2v) is 6.52. The summed E-state index contributed by atoms with van der Waals surface area (Å²) in [6.45, 7) is 7.21. The van der Waals surface area contributed by atoms with E-state index >= 15 is 0 Å². The number of hydrogen-bond acceptors (Lipinski definition) is 4. The third kappa shape index (κ3) is 5.93. The van der Waals surface area contributed by atoms with Crippen LogP contribution in [0.2, 0.25) is 0 Å². The van der Waals surface area contributed by atoms with Gasteiger partial charge in [0.15, 0.2) is 0 Å². The first-order valence-electron chi connectivity index (χ1n) is 7.76. The Morgan fingerprint density at radius 3 is 2.13 bits per heavy atom. The van der Waals surface area contributed by atoms with Gasteiger partial charge in [-0.1, -0.05) is 19.1 Å². The molecule has 1 aromatic carbocycles. The lowest BCUT2D eigenvalue weighted by molar-refractivity contribution is -0.160. The third-order valence-corrected chi connectivity index (χ3v) is 3.59. The topological polar surface area (TPSA) is 72.8 Å². The molecule has 0 aromatic heterocycles. The van der Waals surface area contributed by atoms with Gasteiger partial charge in [-0.3, -0.25) is 9.59 Å². The number of rotatable bonds is 7. The summed E-state index contributed by atoms with van der Waals surface area (Å²) >= 11 is 0. The molecule has 128 valence electrons. The number of carboxylic acids is 1. The van der Waals surface area contributed by atoms with Gasteiger partial charge in [0, 0.05) is 0 Å². The largest absolute Gasteiger partial charge is 0.497 e. The Morgan fingerprint density at radius 2 is 1.74 bits per heavy atom. The quantitative estimate of drug-likeness (QED) is 0.776. The average Bonchev–Trinajstić information content (AvgIpc) is 2.45. The maximum atomic E-state index is 12.0. The Balaban J connectivity index is 2.95. The van der Waals surface area contributed by atoms with E-state index in [1.807, 2.05) is 19.1 Å². The second-order valence-electron chi connectivity index (χ2n) is 6.52. The van der Waals surface area contributed by atoms with E-state index < -0.39 is 23.5 Å². The van der Waals surface area contributed by atoms with Crippen molar-refractivity contribution in [1.29, 1.82) is 0 Å². The molecule has 0 bridgehead atoms. The maximum Gasteiger partial charge on any atom is 0.307 e. The van der Waals surface area contributed by atoms with Crippen molar-refractivity contribution in [1.82, 2.24) is 0 Å². The Bertz CT molecular complexity index is 527.